The second-order valence-corrected chi connectivity index (χ2v) is 19.3. The number of esters is 2. The highest BCUT2D eigenvalue weighted by Crippen LogP contribution is 2.43. The zero-order chi connectivity index (χ0) is 52.4. The van der Waals surface area contributed by atoms with Crippen molar-refractivity contribution in [1.29, 1.82) is 0 Å². The highest BCUT2D eigenvalue weighted by Gasteiger charge is 2.52. The van der Waals surface area contributed by atoms with Crippen LogP contribution < -0.4 is 31.2 Å². The molecule has 4 aliphatic heterocycles. The van der Waals surface area contributed by atoms with Crippen molar-refractivity contribution in [2.45, 2.75) is 90.6 Å². The minimum absolute atomic E-state index is 0.0838. The van der Waals surface area contributed by atoms with Gasteiger partial charge >= 0.3 is 30.2 Å². The summed E-state index contributed by atoms with van der Waals surface area (Å²) >= 11 is 0. The fourth-order valence-corrected chi connectivity index (χ4v) is 10.1. The Labute approximate surface area is 422 Å². The first kappa shape index (κ1) is 49.1. The molecular formula is C53H53N7O14. The average molecular weight is 1010 g/mol. The van der Waals surface area contributed by atoms with Gasteiger partial charge in [-0.05, 0) is 94.3 Å². The van der Waals surface area contributed by atoms with Gasteiger partial charge in [0.1, 0.15) is 30.3 Å². The van der Waals surface area contributed by atoms with Crippen molar-refractivity contribution < 1.29 is 57.1 Å². The summed E-state index contributed by atoms with van der Waals surface area (Å²) in [7, 11) is 3.14. The van der Waals surface area contributed by atoms with Crippen LogP contribution in [0.15, 0.2) is 70.3 Å². The number of benzene rings is 2. The van der Waals surface area contributed by atoms with E-state index in [-0.39, 0.29) is 87.6 Å². The fraction of sp³-hybridized carbons (Fsp3) is 0.377. The highest BCUT2D eigenvalue weighted by molar-refractivity contribution is 5.90. The van der Waals surface area contributed by atoms with E-state index in [9.17, 15) is 33.6 Å². The number of methoxy groups -OCH3 is 2. The Kier molecular flexibility index (Phi) is 12.3. The van der Waals surface area contributed by atoms with E-state index in [1.54, 1.807) is 82.2 Å². The molecule has 0 aliphatic carbocycles. The zero-order valence-corrected chi connectivity index (χ0v) is 41.8. The summed E-state index contributed by atoms with van der Waals surface area (Å²) in [5.74, 6) is -0.411. The van der Waals surface area contributed by atoms with E-state index in [0.29, 0.717) is 45.3 Å². The Morgan fingerprint density at radius 3 is 1.49 bits per heavy atom. The molecule has 21 heteroatoms. The summed E-state index contributed by atoms with van der Waals surface area (Å²) < 4.78 is 42.3. The van der Waals surface area contributed by atoms with Crippen LogP contribution in [0, 0.1) is 0 Å². The summed E-state index contributed by atoms with van der Waals surface area (Å²) in [6.07, 6.45) is -3.02. The maximum atomic E-state index is 14.1. The molecule has 384 valence electrons. The molecule has 10 rings (SSSR count). The van der Waals surface area contributed by atoms with Gasteiger partial charge in [0.2, 0.25) is 11.2 Å². The van der Waals surface area contributed by atoms with Crippen molar-refractivity contribution in [3.63, 3.8) is 0 Å². The van der Waals surface area contributed by atoms with Crippen LogP contribution in [0.5, 0.6) is 11.5 Å². The molecule has 4 aromatic heterocycles. The third-order valence-corrected chi connectivity index (χ3v) is 13.9. The number of pyridine rings is 4. The van der Waals surface area contributed by atoms with E-state index < -0.39 is 58.1 Å². The smallest absolute Gasteiger partial charge is 0.410 e. The molecule has 2 aromatic carbocycles. The molecule has 21 nitrogen and oxygen atoms in total. The molecule has 74 heavy (non-hydrogen) atoms. The van der Waals surface area contributed by atoms with Crippen molar-refractivity contribution in [1.82, 2.24) is 34.6 Å². The number of carbonyl (C=O) groups excluding carboxylic acids is 5. The number of fused-ring (bicyclic) bond motifs is 10. The normalized spacial score (nSPS) is 17.9. The second kappa shape index (κ2) is 18.5. The van der Waals surface area contributed by atoms with Gasteiger partial charge in [0.05, 0.1) is 72.2 Å². The van der Waals surface area contributed by atoms with Gasteiger partial charge in [-0.1, -0.05) is 13.8 Å². The summed E-state index contributed by atoms with van der Waals surface area (Å²) in [6.45, 7) is 7.35. The number of ether oxygens (including phenoxy) is 7. The summed E-state index contributed by atoms with van der Waals surface area (Å²) in [5.41, 5.74) is -0.158. The molecule has 2 N–H and O–H groups in total. The van der Waals surface area contributed by atoms with E-state index >= 15 is 0 Å². The Morgan fingerprint density at radius 1 is 0.662 bits per heavy atom. The van der Waals surface area contributed by atoms with Crippen molar-refractivity contribution in [3.8, 4) is 34.3 Å². The Hall–Kier alpha value is -8.49. The standard InChI is InChI=1S/C53H53N7O14/c1-8-52(36-22-40-42-30(18-28-20-32(68-6)10-12-38(28)56-42)24-59(40)44(61)34(36)26-70-46(52)63)72-48(65)54-14-16-58(50(67)74-51(3,4)5)17-15-55-49(66)73-53(9-2)37-23-41-43-31(19-29-21-33(69-7)11-13-39(29)57-43)25-60(41)45(62)35(37)27-71-47(53)64/h10-13,18-23H,8-9,14-17,24-27H2,1-7H3,(H,54,65)(H,55,66)/t52-,53-/m0/s1. The van der Waals surface area contributed by atoms with Crippen molar-refractivity contribution in [2.24, 2.45) is 0 Å². The lowest BCUT2D eigenvalue weighted by molar-refractivity contribution is -0.173. The van der Waals surface area contributed by atoms with Crippen LogP contribution in [-0.2, 0) is 70.8 Å². The van der Waals surface area contributed by atoms with Gasteiger partial charge in [0.15, 0.2) is 0 Å². The Bertz CT molecular complexity index is 3290. The van der Waals surface area contributed by atoms with Gasteiger partial charge in [0.25, 0.3) is 11.1 Å². The number of amides is 3. The molecule has 0 radical (unpaired) electrons. The van der Waals surface area contributed by atoms with Crippen LogP contribution in [-0.4, -0.2) is 100 Å². The largest absolute Gasteiger partial charge is 0.497 e. The lowest BCUT2D eigenvalue weighted by Gasteiger charge is -2.35. The topological polar surface area (TPSA) is 247 Å². The number of hydrogen-bond donors (Lipinski definition) is 2. The number of rotatable bonds is 12. The molecule has 6 aromatic rings. The molecule has 0 spiro atoms. The molecule has 0 saturated carbocycles. The quantitative estimate of drug-likeness (QED) is 0.107. The Morgan fingerprint density at radius 2 is 1.09 bits per heavy atom. The summed E-state index contributed by atoms with van der Waals surface area (Å²) in [6, 6.07) is 18.1. The Balaban J connectivity index is 0.830. The van der Waals surface area contributed by atoms with Gasteiger partial charge < -0.3 is 57.8 Å². The molecule has 8 heterocycles. The number of cyclic esters (lactones) is 2. The molecule has 4 aliphatic rings. The van der Waals surface area contributed by atoms with Crippen LogP contribution in [0.25, 0.3) is 44.6 Å². The lowest BCUT2D eigenvalue weighted by Crippen LogP contribution is -2.50. The molecule has 0 fully saturated rings. The van der Waals surface area contributed by atoms with Gasteiger partial charge in [-0.15, -0.1) is 0 Å². The van der Waals surface area contributed by atoms with E-state index in [0.717, 1.165) is 21.9 Å². The fourth-order valence-electron chi connectivity index (χ4n) is 10.1. The average Bonchev–Trinajstić information content (AvgIpc) is 3.92. The van der Waals surface area contributed by atoms with E-state index in [2.05, 4.69) is 10.6 Å². The SMILES string of the molecule is CC[C@@]1(OC(=O)NCCN(CCNC(=O)O[C@]2(CC)C(=O)OCc3c2cc2n(c3=O)Cc3cc4cc(OC)ccc4nc3-2)C(=O)OC(C)(C)C)C(=O)OCc2c1cc1n(c2=O)Cc2cc3cc(OC)ccc3nc2-1. The second-order valence-electron chi connectivity index (χ2n) is 19.3. The third kappa shape index (κ3) is 8.34. The number of hydrogen-bond acceptors (Lipinski definition) is 16. The molecule has 3 amide bonds. The number of alkyl carbamates (subject to hydrolysis) is 2. The first-order chi connectivity index (χ1) is 35.4. The molecule has 0 saturated heterocycles. The molecule has 2 atom stereocenters. The van der Waals surface area contributed by atoms with Gasteiger partial charge in [-0.25, -0.2) is 33.9 Å². The maximum absolute atomic E-state index is 14.1. The predicted molar refractivity (Wildman–Crippen MR) is 264 cm³/mol. The van der Waals surface area contributed by atoms with E-state index in [4.69, 9.17) is 43.1 Å². The van der Waals surface area contributed by atoms with Gasteiger partial charge in [-0.3, -0.25) is 9.59 Å². The van der Waals surface area contributed by atoms with Gasteiger partial charge in [-0.2, -0.15) is 0 Å². The monoisotopic (exact) mass is 1010 g/mol. The third-order valence-electron chi connectivity index (χ3n) is 13.9. The number of nitrogens with one attached hydrogen (secondary N) is 2. The number of nitrogens with zero attached hydrogens (tertiary/aromatic N) is 5. The molecule has 0 bridgehead atoms. The van der Waals surface area contributed by atoms with Crippen LogP contribution in [0.1, 0.15) is 80.8 Å². The first-order valence-corrected chi connectivity index (χ1v) is 24.2. The zero-order valence-electron chi connectivity index (χ0n) is 41.8. The molecular weight excluding hydrogens is 959 g/mol. The van der Waals surface area contributed by atoms with Crippen LogP contribution in [0.2, 0.25) is 0 Å². The van der Waals surface area contributed by atoms with Gasteiger partial charge in [0, 0.05) is 59.2 Å². The maximum Gasteiger partial charge on any atom is 0.410 e. The van der Waals surface area contributed by atoms with E-state index in [1.165, 1.54) is 4.90 Å². The first-order valence-electron chi connectivity index (χ1n) is 24.2. The predicted octanol–water partition coefficient (Wildman–Crippen LogP) is 5.89. The van der Waals surface area contributed by atoms with Crippen LogP contribution >= 0.6 is 0 Å². The molecule has 0 unspecified atom stereocenters. The van der Waals surface area contributed by atoms with Crippen LogP contribution in [0.4, 0.5) is 14.4 Å². The lowest BCUT2D eigenvalue weighted by atomic mass is 9.85. The van der Waals surface area contributed by atoms with Crippen molar-refractivity contribution in [2.75, 3.05) is 40.4 Å². The minimum atomic E-state index is -2.00. The van der Waals surface area contributed by atoms with Crippen molar-refractivity contribution in [3.05, 3.63) is 115 Å². The summed E-state index contributed by atoms with van der Waals surface area (Å²) in [4.78, 5) is 107. The number of carbonyl (C=O) groups is 5. The minimum Gasteiger partial charge on any atom is -0.497 e. The highest BCUT2D eigenvalue weighted by atomic mass is 16.6. The van der Waals surface area contributed by atoms with Crippen molar-refractivity contribution >= 4 is 52.0 Å². The van der Waals surface area contributed by atoms with E-state index in [1.807, 2.05) is 36.4 Å². The van der Waals surface area contributed by atoms with Crippen LogP contribution in [0.3, 0.4) is 0 Å². The summed E-state index contributed by atoms with van der Waals surface area (Å²) in [5, 5.41) is 6.84. The number of aromatic nitrogens is 4.